The summed E-state index contributed by atoms with van der Waals surface area (Å²) in [6.07, 6.45) is 6.42. The van der Waals surface area contributed by atoms with Gasteiger partial charge in [-0.25, -0.2) is 0 Å². The minimum atomic E-state index is -0.122. The first-order valence-electron chi connectivity index (χ1n) is 3.66. The third kappa shape index (κ3) is 2.54. The Bertz CT molecular complexity index is 280. The second-order valence-electron chi connectivity index (χ2n) is 2.23. The van der Waals surface area contributed by atoms with Gasteiger partial charge in [-0.2, -0.15) is 0 Å². The molecule has 0 unspecified atom stereocenters. The van der Waals surface area contributed by atoms with Gasteiger partial charge in [0, 0.05) is 18.1 Å². The average Bonchev–Trinajstić information content (AvgIpc) is 2.06. The van der Waals surface area contributed by atoms with Crippen molar-refractivity contribution in [3.05, 3.63) is 36.7 Å². The van der Waals surface area contributed by atoms with E-state index in [1.54, 1.807) is 37.5 Å². The second-order valence-corrected chi connectivity index (χ2v) is 2.23. The molecule has 0 radical (unpaired) electrons. The summed E-state index contributed by atoms with van der Waals surface area (Å²) < 4.78 is 0. The largest absolute Gasteiger partial charge is 0.322 e. The Hall–Kier alpha value is -1.64. The van der Waals surface area contributed by atoms with Gasteiger partial charge in [0.25, 0.3) is 0 Å². The van der Waals surface area contributed by atoms with Crippen molar-refractivity contribution in [1.82, 2.24) is 4.98 Å². The summed E-state index contributed by atoms with van der Waals surface area (Å²) in [5.41, 5.74) is 0.758. The van der Waals surface area contributed by atoms with E-state index in [1.807, 2.05) is 0 Å². The molecule has 0 atom stereocenters. The van der Waals surface area contributed by atoms with Crippen molar-refractivity contribution in [2.24, 2.45) is 0 Å². The lowest BCUT2D eigenvalue weighted by Crippen LogP contribution is -2.07. The van der Waals surface area contributed by atoms with Crippen molar-refractivity contribution in [3.8, 4) is 0 Å². The number of anilines is 1. The van der Waals surface area contributed by atoms with Gasteiger partial charge < -0.3 is 5.32 Å². The molecule has 0 saturated heterocycles. The van der Waals surface area contributed by atoms with Crippen LogP contribution in [0.1, 0.15) is 6.92 Å². The number of pyridine rings is 1. The number of allylic oxidation sites excluding steroid dienone is 1. The highest BCUT2D eigenvalue weighted by Crippen LogP contribution is 2.02. The maximum absolute atomic E-state index is 11.0. The van der Waals surface area contributed by atoms with Gasteiger partial charge in [-0.3, -0.25) is 9.78 Å². The molecule has 0 aliphatic heterocycles. The number of rotatable bonds is 2. The number of nitrogens with one attached hydrogen (secondary N) is 1. The zero-order valence-electron chi connectivity index (χ0n) is 6.82. The lowest BCUT2D eigenvalue weighted by Gasteiger charge is -1.99. The van der Waals surface area contributed by atoms with Crippen LogP contribution in [0.4, 0.5) is 5.69 Å². The summed E-state index contributed by atoms with van der Waals surface area (Å²) in [5, 5.41) is 2.68. The van der Waals surface area contributed by atoms with Crippen LogP contribution >= 0.6 is 0 Å². The minimum absolute atomic E-state index is 0.122. The fraction of sp³-hybridized carbons (Fsp3) is 0.111. The Morgan fingerprint density at radius 3 is 2.75 bits per heavy atom. The number of aromatic nitrogens is 1. The standard InChI is InChI=1S/C9H10N2O/c1-2-3-9(12)11-8-4-6-10-7-5-8/h2-7H,1H3,(H,10,11,12)/b3-2+. The predicted octanol–water partition coefficient (Wildman–Crippen LogP) is 1.60. The van der Waals surface area contributed by atoms with E-state index >= 15 is 0 Å². The molecule has 0 fully saturated rings. The Morgan fingerprint density at radius 1 is 1.50 bits per heavy atom. The lowest BCUT2D eigenvalue weighted by molar-refractivity contribution is -0.111. The van der Waals surface area contributed by atoms with Crippen LogP contribution in [-0.4, -0.2) is 10.9 Å². The SMILES string of the molecule is C/C=C/C(=O)Nc1ccncc1. The molecule has 12 heavy (non-hydrogen) atoms. The van der Waals surface area contributed by atoms with E-state index < -0.39 is 0 Å². The van der Waals surface area contributed by atoms with E-state index in [-0.39, 0.29) is 5.91 Å². The quantitative estimate of drug-likeness (QED) is 0.671. The molecule has 0 bridgehead atoms. The summed E-state index contributed by atoms with van der Waals surface area (Å²) in [6.45, 7) is 1.80. The molecule has 0 aliphatic carbocycles. The van der Waals surface area contributed by atoms with Crippen molar-refractivity contribution in [1.29, 1.82) is 0 Å². The van der Waals surface area contributed by atoms with Crippen LogP contribution in [0.2, 0.25) is 0 Å². The molecule has 3 heteroatoms. The normalized spacial score (nSPS) is 10.1. The van der Waals surface area contributed by atoms with E-state index in [9.17, 15) is 4.79 Å². The van der Waals surface area contributed by atoms with Gasteiger partial charge in [0.1, 0.15) is 0 Å². The van der Waals surface area contributed by atoms with Gasteiger partial charge in [-0.05, 0) is 25.1 Å². The Morgan fingerprint density at radius 2 is 2.17 bits per heavy atom. The van der Waals surface area contributed by atoms with Crippen LogP contribution < -0.4 is 5.32 Å². The molecule has 0 aliphatic rings. The van der Waals surface area contributed by atoms with Crippen LogP contribution in [0.5, 0.6) is 0 Å². The topological polar surface area (TPSA) is 42.0 Å². The first-order valence-corrected chi connectivity index (χ1v) is 3.66. The van der Waals surface area contributed by atoms with Gasteiger partial charge in [0.05, 0.1) is 0 Å². The molecule has 1 aromatic heterocycles. The van der Waals surface area contributed by atoms with Crippen LogP contribution in [0.3, 0.4) is 0 Å². The van der Waals surface area contributed by atoms with Crippen molar-refractivity contribution in [2.75, 3.05) is 5.32 Å². The molecule has 1 rings (SSSR count). The summed E-state index contributed by atoms with van der Waals surface area (Å²) >= 11 is 0. The van der Waals surface area contributed by atoms with Gasteiger partial charge in [0.15, 0.2) is 0 Å². The Kier molecular flexibility index (Phi) is 3.02. The minimum Gasteiger partial charge on any atom is -0.322 e. The predicted molar refractivity (Wildman–Crippen MR) is 47.7 cm³/mol. The van der Waals surface area contributed by atoms with Crippen LogP contribution in [-0.2, 0) is 4.79 Å². The van der Waals surface area contributed by atoms with Crippen LogP contribution in [0, 0.1) is 0 Å². The molecule has 0 spiro atoms. The monoisotopic (exact) mass is 162 g/mol. The highest BCUT2D eigenvalue weighted by atomic mass is 16.1. The number of nitrogens with zero attached hydrogens (tertiary/aromatic N) is 1. The summed E-state index contributed by atoms with van der Waals surface area (Å²) in [4.78, 5) is 14.8. The maximum atomic E-state index is 11.0. The summed E-state index contributed by atoms with van der Waals surface area (Å²) in [5.74, 6) is -0.122. The smallest absolute Gasteiger partial charge is 0.248 e. The molecular formula is C9H10N2O. The third-order valence-electron chi connectivity index (χ3n) is 1.27. The van der Waals surface area contributed by atoms with E-state index in [0.29, 0.717) is 0 Å². The summed E-state index contributed by atoms with van der Waals surface area (Å²) in [6, 6.07) is 3.47. The van der Waals surface area contributed by atoms with E-state index in [0.717, 1.165) is 5.69 Å². The molecule has 1 aromatic rings. The Balaban J connectivity index is 2.59. The van der Waals surface area contributed by atoms with Crippen molar-refractivity contribution >= 4 is 11.6 Å². The number of carbonyl (C=O) groups is 1. The third-order valence-corrected chi connectivity index (χ3v) is 1.27. The number of hydrogen-bond acceptors (Lipinski definition) is 2. The molecule has 1 heterocycles. The van der Waals surface area contributed by atoms with Gasteiger partial charge in [0.2, 0.25) is 5.91 Å². The van der Waals surface area contributed by atoms with Gasteiger partial charge in [-0.1, -0.05) is 6.08 Å². The lowest BCUT2D eigenvalue weighted by atomic mass is 10.4. The number of carbonyl (C=O) groups excluding carboxylic acids is 1. The highest BCUT2D eigenvalue weighted by molar-refractivity contribution is 5.99. The first-order chi connectivity index (χ1) is 5.83. The molecular weight excluding hydrogens is 152 g/mol. The average molecular weight is 162 g/mol. The van der Waals surface area contributed by atoms with Gasteiger partial charge in [-0.15, -0.1) is 0 Å². The molecule has 3 nitrogen and oxygen atoms in total. The second kappa shape index (κ2) is 4.28. The highest BCUT2D eigenvalue weighted by Gasteiger charge is 1.94. The van der Waals surface area contributed by atoms with E-state index in [4.69, 9.17) is 0 Å². The van der Waals surface area contributed by atoms with Crippen molar-refractivity contribution in [2.45, 2.75) is 6.92 Å². The summed E-state index contributed by atoms with van der Waals surface area (Å²) in [7, 11) is 0. The fourth-order valence-electron chi connectivity index (χ4n) is 0.771. The Labute approximate surface area is 71.1 Å². The number of hydrogen-bond donors (Lipinski definition) is 1. The van der Waals surface area contributed by atoms with E-state index in [1.165, 1.54) is 6.08 Å². The number of amides is 1. The van der Waals surface area contributed by atoms with E-state index in [2.05, 4.69) is 10.3 Å². The molecule has 62 valence electrons. The zero-order valence-corrected chi connectivity index (χ0v) is 6.82. The molecule has 1 N–H and O–H groups in total. The molecule has 0 aromatic carbocycles. The van der Waals surface area contributed by atoms with Crippen LogP contribution in [0.15, 0.2) is 36.7 Å². The van der Waals surface area contributed by atoms with Crippen LogP contribution in [0.25, 0.3) is 0 Å². The molecule has 0 saturated carbocycles. The molecule has 1 amide bonds. The fourth-order valence-corrected chi connectivity index (χ4v) is 0.771. The van der Waals surface area contributed by atoms with Gasteiger partial charge >= 0.3 is 0 Å². The van der Waals surface area contributed by atoms with Crippen molar-refractivity contribution < 1.29 is 4.79 Å². The zero-order chi connectivity index (χ0) is 8.81. The first kappa shape index (κ1) is 8.46. The van der Waals surface area contributed by atoms with Crippen molar-refractivity contribution in [3.63, 3.8) is 0 Å². The maximum Gasteiger partial charge on any atom is 0.248 e.